The van der Waals surface area contributed by atoms with Crippen LogP contribution in [0.15, 0.2) is 4.52 Å². The summed E-state index contributed by atoms with van der Waals surface area (Å²) in [6.07, 6.45) is 4.96. The molecular formula is C12H20N4O. The third kappa shape index (κ3) is 2.66. The predicted molar refractivity (Wildman–Crippen MR) is 63.6 cm³/mol. The summed E-state index contributed by atoms with van der Waals surface area (Å²) in [5.74, 6) is 2.25. The molecule has 0 amide bonds. The van der Waals surface area contributed by atoms with E-state index in [1.54, 1.807) is 0 Å². The minimum absolute atomic E-state index is 0.578. The molecule has 1 aliphatic heterocycles. The normalized spacial score (nSPS) is 25.4. The topological polar surface area (TPSA) is 54.2 Å². The van der Waals surface area contributed by atoms with E-state index in [-0.39, 0.29) is 0 Å². The van der Waals surface area contributed by atoms with Gasteiger partial charge in [-0.25, -0.2) is 0 Å². The molecule has 1 saturated heterocycles. The van der Waals surface area contributed by atoms with E-state index in [2.05, 4.69) is 27.4 Å². The summed E-state index contributed by atoms with van der Waals surface area (Å²) in [4.78, 5) is 6.78. The van der Waals surface area contributed by atoms with Crippen molar-refractivity contribution in [1.82, 2.24) is 20.4 Å². The first-order valence-electron chi connectivity index (χ1n) is 6.56. The molecule has 0 bridgehead atoms. The lowest BCUT2D eigenvalue weighted by Crippen LogP contribution is -2.43. The highest BCUT2D eigenvalue weighted by Gasteiger charge is 2.29. The molecule has 1 unspecified atom stereocenters. The zero-order valence-corrected chi connectivity index (χ0v) is 10.4. The third-order valence-corrected chi connectivity index (χ3v) is 3.71. The van der Waals surface area contributed by atoms with Crippen LogP contribution in [0.4, 0.5) is 0 Å². The molecule has 0 radical (unpaired) electrons. The van der Waals surface area contributed by atoms with Crippen molar-refractivity contribution in [1.29, 1.82) is 0 Å². The summed E-state index contributed by atoms with van der Waals surface area (Å²) in [6, 6.07) is 0.597. The van der Waals surface area contributed by atoms with Crippen LogP contribution in [0.25, 0.3) is 0 Å². The van der Waals surface area contributed by atoms with Gasteiger partial charge < -0.3 is 9.84 Å². The first-order valence-corrected chi connectivity index (χ1v) is 6.56. The van der Waals surface area contributed by atoms with Crippen LogP contribution in [0.1, 0.15) is 43.3 Å². The van der Waals surface area contributed by atoms with E-state index in [9.17, 15) is 0 Å². The number of likely N-dealkylation sites (N-methyl/N-ethyl adjacent to an activating group) is 1. The Kier molecular flexibility index (Phi) is 3.11. The van der Waals surface area contributed by atoms with Gasteiger partial charge in [0, 0.05) is 18.5 Å². The summed E-state index contributed by atoms with van der Waals surface area (Å²) in [6.45, 7) is 2.99. The zero-order chi connectivity index (χ0) is 11.7. The fourth-order valence-electron chi connectivity index (χ4n) is 2.39. The summed E-state index contributed by atoms with van der Waals surface area (Å²) < 4.78 is 5.30. The van der Waals surface area contributed by atoms with Gasteiger partial charge in [0.1, 0.15) is 0 Å². The Morgan fingerprint density at radius 1 is 1.41 bits per heavy atom. The fourth-order valence-corrected chi connectivity index (χ4v) is 2.39. The number of piperidine rings is 1. The van der Waals surface area contributed by atoms with Crippen molar-refractivity contribution < 1.29 is 4.52 Å². The van der Waals surface area contributed by atoms with Crippen molar-refractivity contribution in [3.63, 3.8) is 0 Å². The second kappa shape index (κ2) is 4.74. The Hall–Kier alpha value is -0.940. The lowest BCUT2D eigenvalue weighted by Gasteiger charge is -2.30. The highest BCUT2D eigenvalue weighted by atomic mass is 16.5. The van der Waals surface area contributed by atoms with Gasteiger partial charge in [0.2, 0.25) is 5.89 Å². The third-order valence-electron chi connectivity index (χ3n) is 3.71. The molecule has 2 aliphatic rings. The van der Waals surface area contributed by atoms with Crippen LogP contribution in [-0.2, 0) is 6.54 Å². The molecule has 1 atom stereocenters. The Labute approximate surface area is 102 Å². The Bertz CT molecular complexity index is 368. The summed E-state index contributed by atoms with van der Waals surface area (Å²) in [5, 5.41) is 7.47. The molecule has 17 heavy (non-hydrogen) atoms. The first-order chi connectivity index (χ1) is 8.33. The van der Waals surface area contributed by atoms with Crippen molar-refractivity contribution in [2.24, 2.45) is 0 Å². The summed E-state index contributed by atoms with van der Waals surface area (Å²) in [7, 11) is 2.14. The molecule has 0 spiro atoms. The lowest BCUT2D eigenvalue weighted by atomic mass is 10.1. The maximum atomic E-state index is 5.30. The largest absolute Gasteiger partial charge is 0.338 e. The average Bonchev–Trinajstić information content (AvgIpc) is 3.12. The lowest BCUT2D eigenvalue weighted by molar-refractivity contribution is 0.174. The molecule has 5 heteroatoms. The quantitative estimate of drug-likeness (QED) is 0.849. The van der Waals surface area contributed by atoms with Crippen LogP contribution in [-0.4, -0.2) is 41.2 Å². The molecule has 2 fully saturated rings. The van der Waals surface area contributed by atoms with Crippen LogP contribution in [0.2, 0.25) is 0 Å². The molecule has 1 aromatic rings. The molecule has 2 heterocycles. The van der Waals surface area contributed by atoms with Crippen LogP contribution in [0.3, 0.4) is 0 Å². The van der Waals surface area contributed by atoms with Gasteiger partial charge >= 0.3 is 0 Å². The Morgan fingerprint density at radius 2 is 2.29 bits per heavy atom. The fraction of sp³-hybridized carbons (Fsp3) is 0.833. The van der Waals surface area contributed by atoms with E-state index in [0.29, 0.717) is 12.0 Å². The number of hydrogen-bond acceptors (Lipinski definition) is 5. The van der Waals surface area contributed by atoms with Gasteiger partial charge in [0.15, 0.2) is 5.82 Å². The van der Waals surface area contributed by atoms with Crippen LogP contribution in [0.5, 0.6) is 0 Å². The molecule has 1 aromatic heterocycles. The second-order valence-corrected chi connectivity index (χ2v) is 5.24. The van der Waals surface area contributed by atoms with E-state index in [4.69, 9.17) is 4.52 Å². The maximum Gasteiger partial charge on any atom is 0.240 e. The molecule has 94 valence electrons. The highest BCUT2D eigenvalue weighted by Crippen LogP contribution is 2.38. The molecule has 1 N–H and O–H groups in total. The highest BCUT2D eigenvalue weighted by molar-refractivity contribution is 5.03. The standard InChI is InChI=1S/C12H20N4O/c1-16(10-3-2-6-13-7-10)8-11-14-12(15-17-11)9-4-5-9/h9-10,13H,2-8H2,1H3. The SMILES string of the molecule is CN(Cc1nc(C2CC2)no1)C1CCCNC1. The predicted octanol–water partition coefficient (Wildman–Crippen LogP) is 1.13. The van der Waals surface area contributed by atoms with Crippen molar-refractivity contribution >= 4 is 0 Å². The average molecular weight is 236 g/mol. The number of aromatic nitrogens is 2. The van der Waals surface area contributed by atoms with Gasteiger partial charge in [-0.15, -0.1) is 0 Å². The van der Waals surface area contributed by atoms with Crippen LogP contribution in [0, 0.1) is 0 Å². The van der Waals surface area contributed by atoms with Crippen LogP contribution < -0.4 is 5.32 Å². The van der Waals surface area contributed by atoms with Crippen LogP contribution >= 0.6 is 0 Å². The zero-order valence-electron chi connectivity index (χ0n) is 10.4. The molecular weight excluding hydrogens is 216 g/mol. The minimum atomic E-state index is 0.578. The Balaban J connectivity index is 1.56. The van der Waals surface area contributed by atoms with E-state index in [1.165, 1.54) is 25.7 Å². The van der Waals surface area contributed by atoms with E-state index < -0.39 is 0 Å². The van der Waals surface area contributed by atoms with E-state index in [1.807, 2.05) is 0 Å². The Morgan fingerprint density at radius 3 is 3.00 bits per heavy atom. The van der Waals surface area contributed by atoms with Gasteiger partial charge in [-0.2, -0.15) is 4.98 Å². The number of nitrogens with zero attached hydrogens (tertiary/aromatic N) is 3. The minimum Gasteiger partial charge on any atom is -0.338 e. The van der Waals surface area contributed by atoms with Gasteiger partial charge in [-0.05, 0) is 39.3 Å². The van der Waals surface area contributed by atoms with E-state index >= 15 is 0 Å². The maximum absolute atomic E-state index is 5.30. The molecule has 0 aromatic carbocycles. The van der Waals surface area contributed by atoms with Gasteiger partial charge in [0.05, 0.1) is 6.54 Å². The van der Waals surface area contributed by atoms with Gasteiger partial charge in [0.25, 0.3) is 0 Å². The molecule has 1 aliphatic carbocycles. The molecule has 3 rings (SSSR count). The number of hydrogen-bond donors (Lipinski definition) is 1. The summed E-state index contributed by atoms with van der Waals surface area (Å²) >= 11 is 0. The number of rotatable bonds is 4. The first kappa shape index (κ1) is 11.2. The second-order valence-electron chi connectivity index (χ2n) is 5.24. The van der Waals surface area contributed by atoms with Crippen molar-refractivity contribution in [2.45, 2.75) is 44.2 Å². The van der Waals surface area contributed by atoms with Gasteiger partial charge in [-0.1, -0.05) is 5.16 Å². The van der Waals surface area contributed by atoms with E-state index in [0.717, 1.165) is 31.3 Å². The number of nitrogens with one attached hydrogen (secondary N) is 1. The van der Waals surface area contributed by atoms with Crippen molar-refractivity contribution in [2.75, 3.05) is 20.1 Å². The smallest absolute Gasteiger partial charge is 0.240 e. The monoisotopic (exact) mass is 236 g/mol. The molecule has 1 saturated carbocycles. The van der Waals surface area contributed by atoms with Crippen molar-refractivity contribution in [3.05, 3.63) is 11.7 Å². The van der Waals surface area contributed by atoms with Crippen molar-refractivity contribution in [3.8, 4) is 0 Å². The molecule has 5 nitrogen and oxygen atoms in total. The summed E-state index contributed by atoms with van der Waals surface area (Å²) in [5.41, 5.74) is 0. The van der Waals surface area contributed by atoms with Gasteiger partial charge in [-0.3, -0.25) is 4.90 Å².